The van der Waals surface area contributed by atoms with Crippen molar-refractivity contribution >= 4 is 22.5 Å². The number of aromatic nitrogens is 2. The topological polar surface area (TPSA) is 73.1 Å². The first-order valence-corrected chi connectivity index (χ1v) is 8.82. The first-order valence-electron chi connectivity index (χ1n) is 8.82. The lowest BCUT2D eigenvalue weighted by atomic mass is 10.2. The predicted molar refractivity (Wildman–Crippen MR) is 102 cm³/mol. The molecule has 0 bridgehead atoms. The van der Waals surface area contributed by atoms with Crippen LogP contribution in [0, 0.1) is 11.6 Å². The van der Waals surface area contributed by atoms with Crippen molar-refractivity contribution in [3.63, 3.8) is 0 Å². The zero-order chi connectivity index (χ0) is 20.4. The Balaban J connectivity index is 2.04. The molecule has 0 fully saturated rings. The first-order chi connectivity index (χ1) is 13.3. The Kier molecular flexibility index (Phi) is 5.39. The zero-order valence-corrected chi connectivity index (χ0v) is 15.4. The molecule has 1 atom stereocenters. The Morgan fingerprint density at radius 1 is 1.11 bits per heavy atom. The summed E-state index contributed by atoms with van der Waals surface area (Å²) in [6.45, 7) is 3.23. The third-order valence-electron chi connectivity index (χ3n) is 4.62. The normalized spacial score (nSPS) is 12.1. The summed E-state index contributed by atoms with van der Waals surface area (Å²) in [7, 11) is 0. The van der Waals surface area contributed by atoms with Crippen LogP contribution in [0.5, 0.6) is 0 Å². The van der Waals surface area contributed by atoms with Gasteiger partial charge in [-0.3, -0.25) is 18.7 Å². The third-order valence-corrected chi connectivity index (χ3v) is 4.62. The summed E-state index contributed by atoms with van der Waals surface area (Å²) in [5.41, 5.74) is -0.611. The molecule has 1 aromatic heterocycles. The standard InChI is InChI=1S/C20H19F2N3O3/c1-3-12(2)25-19(27)14-6-4-5-7-17(14)24(20(25)28)11-18(26)23-13-8-9-15(21)16(22)10-13/h4-10,12H,3,11H2,1-2H3,(H,23,26)/t12-/m0/s1. The molecule has 2 aromatic carbocycles. The van der Waals surface area contributed by atoms with E-state index in [1.54, 1.807) is 31.2 Å². The smallest absolute Gasteiger partial charge is 0.324 e. The molecule has 0 aliphatic heterocycles. The van der Waals surface area contributed by atoms with Crippen LogP contribution < -0.4 is 16.6 Å². The van der Waals surface area contributed by atoms with Crippen molar-refractivity contribution in [1.29, 1.82) is 0 Å². The van der Waals surface area contributed by atoms with Gasteiger partial charge in [-0.15, -0.1) is 0 Å². The Hall–Kier alpha value is -3.29. The highest BCUT2D eigenvalue weighted by atomic mass is 19.2. The number of hydrogen-bond donors (Lipinski definition) is 1. The van der Waals surface area contributed by atoms with Crippen LogP contribution in [0.3, 0.4) is 0 Å². The summed E-state index contributed by atoms with van der Waals surface area (Å²) in [4.78, 5) is 38.1. The van der Waals surface area contributed by atoms with Crippen LogP contribution in [0.15, 0.2) is 52.1 Å². The van der Waals surface area contributed by atoms with Crippen molar-refractivity contribution in [2.45, 2.75) is 32.9 Å². The largest absolute Gasteiger partial charge is 0.332 e. The van der Waals surface area contributed by atoms with Crippen LogP contribution in [0.4, 0.5) is 14.5 Å². The summed E-state index contributed by atoms with van der Waals surface area (Å²) >= 11 is 0. The summed E-state index contributed by atoms with van der Waals surface area (Å²) in [6.07, 6.45) is 0.564. The van der Waals surface area contributed by atoms with Gasteiger partial charge in [0.1, 0.15) is 6.54 Å². The quantitative estimate of drug-likeness (QED) is 0.731. The van der Waals surface area contributed by atoms with Gasteiger partial charge >= 0.3 is 5.69 Å². The summed E-state index contributed by atoms with van der Waals surface area (Å²) < 4.78 is 28.7. The molecule has 1 amide bonds. The Labute approximate surface area is 159 Å². The number of carbonyl (C=O) groups is 1. The highest BCUT2D eigenvalue weighted by Crippen LogP contribution is 2.14. The lowest BCUT2D eigenvalue weighted by molar-refractivity contribution is -0.116. The second-order valence-electron chi connectivity index (χ2n) is 6.50. The first kappa shape index (κ1) is 19.5. The lowest BCUT2D eigenvalue weighted by Crippen LogP contribution is -2.43. The number of anilines is 1. The molecular weight excluding hydrogens is 368 g/mol. The number of nitrogens with one attached hydrogen (secondary N) is 1. The van der Waals surface area contributed by atoms with Crippen molar-refractivity contribution in [3.05, 3.63) is 74.9 Å². The molecule has 8 heteroatoms. The van der Waals surface area contributed by atoms with E-state index in [1.165, 1.54) is 10.6 Å². The molecule has 1 heterocycles. The van der Waals surface area contributed by atoms with Gasteiger partial charge in [0.25, 0.3) is 5.56 Å². The van der Waals surface area contributed by atoms with Crippen molar-refractivity contribution in [1.82, 2.24) is 9.13 Å². The number of nitrogens with zero attached hydrogens (tertiary/aromatic N) is 2. The van der Waals surface area contributed by atoms with Gasteiger partial charge in [-0.25, -0.2) is 13.6 Å². The Morgan fingerprint density at radius 3 is 2.50 bits per heavy atom. The number of amides is 1. The van der Waals surface area contributed by atoms with E-state index < -0.39 is 28.8 Å². The lowest BCUT2D eigenvalue weighted by Gasteiger charge is -2.17. The summed E-state index contributed by atoms with van der Waals surface area (Å²) in [6, 6.07) is 9.16. The molecule has 0 radical (unpaired) electrons. The van der Waals surface area contributed by atoms with Crippen molar-refractivity contribution < 1.29 is 13.6 Å². The number of hydrogen-bond acceptors (Lipinski definition) is 3. The van der Waals surface area contributed by atoms with E-state index in [-0.39, 0.29) is 18.3 Å². The highest BCUT2D eigenvalue weighted by molar-refractivity contribution is 5.91. The Bertz CT molecular complexity index is 1170. The van der Waals surface area contributed by atoms with E-state index >= 15 is 0 Å². The fourth-order valence-corrected chi connectivity index (χ4v) is 2.98. The molecule has 0 aliphatic rings. The number of fused-ring (bicyclic) bond motifs is 1. The van der Waals surface area contributed by atoms with Gasteiger partial charge < -0.3 is 5.32 Å². The number of halogens is 2. The van der Waals surface area contributed by atoms with Crippen LogP contribution >= 0.6 is 0 Å². The minimum absolute atomic E-state index is 0.0662. The minimum atomic E-state index is -1.09. The predicted octanol–water partition coefficient (Wildman–Crippen LogP) is 3.05. The third kappa shape index (κ3) is 3.58. The monoisotopic (exact) mass is 387 g/mol. The number of rotatable bonds is 5. The van der Waals surface area contributed by atoms with Crippen LogP contribution in [-0.2, 0) is 11.3 Å². The van der Waals surface area contributed by atoms with Gasteiger partial charge in [0.2, 0.25) is 5.91 Å². The van der Waals surface area contributed by atoms with E-state index in [4.69, 9.17) is 0 Å². The fourth-order valence-electron chi connectivity index (χ4n) is 2.98. The average Bonchev–Trinajstić information content (AvgIpc) is 2.68. The zero-order valence-electron chi connectivity index (χ0n) is 15.4. The molecule has 3 rings (SSSR count). The maximum atomic E-state index is 13.3. The average molecular weight is 387 g/mol. The van der Waals surface area contributed by atoms with E-state index in [2.05, 4.69) is 5.32 Å². The van der Waals surface area contributed by atoms with Gasteiger partial charge in [0.15, 0.2) is 11.6 Å². The van der Waals surface area contributed by atoms with Gasteiger partial charge in [0, 0.05) is 17.8 Å². The van der Waals surface area contributed by atoms with E-state index in [9.17, 15) is 23.2 Å². The molecule has 3 aromatic rings. The van der Waals surface area contributed by atoms with E-state index in [0.29, 0.717) is 17.3 Å². The van der Waals surface area contributed by atoms with Gasteiger partial charge in [0.05, 0.1) is 10.9 Å². The molecule has 0 saturated carbocycles. The van der Waals surface area contributed by atoms with Crippen LogP contribution in [-0.4, -0.2) is 15.0 Å². The molecule has 146 valence electrons. The van der Waals surface area contributed by atoms with Gasteiger partial charge in [-0.1, -0.05) is 19.1 Å². The van der Waals surface area contributed by atoms with E-state index in [1.807, 2.05) is 6.92 Å². The number of benzene rings is 2. The maximum absolute atomic E-state index is 13.3. The van der Waals surface area contributed by atoms with Crippen LogP contribution in [0.2, 0.25) is 0 Å². The molecule has 0 unspecified atom stereocenters. The van der Waals surface area contributed by atoms with Crippen molar-refractivity contribution in [2.24, 2.45) is 0 Å². The molecule has 0 spiro atoms. The summed E-state index contributed by atoms with van der Waals surface area (Å²) in [5.74, 6) is -2.72. The molecule has 6 nitrogen and oxygen atoms in total. The molecule has 0 aliphatic carbocycles. The fraction of sp³-hybridized carbons (Fsp3) is 0.250. The molecular formula is C20H19F2N3O3. The minimum Gasteiger partial charge on any atom is -0.324 e. The van der Waals surface area contributed by atoms with Crippen molar-refractivity contribution in [3.8, 4) is 0 Å². The van der Waals surface area contributed by atoms with Gasteiger partial charge in [-0.2, -0.15) is 0 Å². The molecule has 0 saturated heterocycles. The summed E-state index contributed by atoms with van der Waals surface area (Å²) in [5, 5.41) is 2.76. The van der Waals surface area contributed by atoms with Gasteiger partial charge in [-0.05, 0) is 37.6 Å². The SMILES string of the molecule is CC[C@H](C)n1c(=O)c2ccccc2n(CC(=O)Nc2ccc(F)c(F)c2)c1=O. The highest BCUT2D eigenvalue weighted by Gasteiger charge is 2.18. The van der Waals surface area contributed by atoms with E-state index in [0.717, 1.165) is 16.7 Å². The second-order valence-corrected chi connectivity index (χ2v) is 6.50. The maximum Gasteiger partial charge on any atom is 0.332 e. The van der Waals surface area contributed by atoms with Crippen LogP contribution in [0.1, 0.15) is 26.3 Å². The van der Waals surface area contributed by atoms with Crippen molar-refractivity contribution in [2.75, 3.05) is 5.32 Å². The number of para-hydroxylation sites is 1. The second kappa shape index (κ2) is 7.75. The molecule has 1 N–H and O–H groups in total. The Morgan fingerprint density at radius 2 is 1.82 bits per heavy atom. The van der Waals surface area contributed by atoms with Crippen LogP contribution in [0.25, 0.3) is 10.9 Å². The number of carbonyl (C=O) groups excluding carboxylic acids is 1. The molecule has 28 heavy (non-hydrogen) atoms.